The molecule has 0 spiro atoms. The van der Waals surface area contributed by atoms with Crippen molar-refractivity contribution in [2.75, 3.05) is 0 Å². The van der Waals surface area contributed by atoms with Gasteiger partial charge >= 0.3 is 5.97 Å². The van der Waals surface area contributed by atoms with Crippen molar-refractivity contribution in [2.45, 2.75) is 6.92 Å². The number of hydrogen-bond acceptors (Lipinski definition) is 4. The zero-order valence-electron chi connectivity index (χ0n) is 10.9. The van der Waals surface area contributed by atoms with Gasteiger partial charge in [-0.3, -0.25) is 10.1 Å². The van der Waals surface area contributed by atoms with Crippen molar-refractivity contribution in [1.29, 1.82) is 0 Å². The molecule has 2 aromatic rings. The predicted octanol–water partition coefficient (Wildman–Crippen LogP) is 4.05. The Bertz CT molecular complexity index is 668. The first-order valence-electron chi connectivity index (χ1n) is 5.84. The molecule has 6 nitrogen and oxygen atoms in total. The number of rotatable bonds is 4. The lowest BCUT2D eigenvalue weighted by atomic mass is 10.1. The maximum Gasteiger partial charge on any atom is 0.335 e. The Morgan fingerprint density at radius 2 is 1.86 bits per heavy atom. The van der Waals surface area contributed by atoms with Crippen LogP contribution in [0.25, 0.3) is 0 Å². The molecule has 0 aromatic heterocycles. The number of benzene rings is 2. The van der Waals surface area contributed by atoms with E-state index in [-0.39, 0.29) is 16.3 Å². The predicted molar refractivity (Wildman–Crippen MR) is 76.3 cm³/mol. The average molecular weight is 308 g/mol. The molecule has 0 aliphatic carbocycles. The lowest BCUT2D eigenvalue weighted by Crippen LogP contribution is -1.99. The highest BCUT2D eigenvalue weighted by molar-refractivity contribution is 6.32. The molecular formula is C14H10ClNO5. The van der Waals surface area contributed by atoms with Crippen LogP contribution in [0.2, 0.25) is 5.02 Å². The summed E-state index contributed by atoms with van der Waals surface area (Å²) >= 11 is 5.79. The van der Waals surface area contributed by atoms with E-state index in [4.69, 9.17) is 21.4 Å². The van der Waals surface area contributed by atoms with Crippen molar-refractivity contribution < 1.29 is 19.6 Å². The number of carboxylic acid groups (broad SMARTS) is 1. The van der Waals surface area contributed by atoms with Gasteiger partial charge in [0.2, 0.25) is 0 Å². The van der Waals surface area contributed by atoms with E-state index in [0.717, 1.165) is 0 Å². The highest BCUT2D eigenvalue weighted by atomic mass is 35.5. The fourth-order valence-electron chi connectivity index (χ4n) is 1.77. The molecule has 0 bridgehead atoms. The van der Waals surface area contributed by atoms with Gasteiger partial charge in [-0.1, -0.05) is 11.6 Å². The second kappa shape index (κ2) is 5.80. The van der Waals surface area contributed by atoms with Crippen LogP contribution < -0.4 is 4.74 Å². The normalized spacial score (nSPS) is 10.2. The number of hydrogen-bond donors (Lipinski definition) is 1. The third-order valence-corrected chi connectivity index (χ3v) is 3.08. The van der Waals surface area contributed by atoms with Gasteiger partial charge in [-0.15, -0.1) is 0 Å². The molecule has 0 unspecified atom stereocenters. The van der Waals surface area contributed by atoms with E-state index in [1.807, 2.05) is 0 Å². The summed E-state index contributed by atoms with van der Waals surface area (Å²) in [6, 6.07) is 8.51. The van der Waals surface area contributed by atoms with Crippen LogP contribution >= 0.6 is 11.6 Å². The molecule has 0 saturated heterocycles. The van der Waals surface area contributed by atoms with Gasteiger partial charge in [0.15, 0.2) is 0 Å². The number of carbonyl (C=O) groups is 1. The van der Waals surface area contributed by atoms with Gasteiger partial charge in [0.05, 0.1) is 10.5 Å². The maximum atomic E-state index is 10.9. The highest BCUT2D eigenvalue weighted by Gasteiger charge is 2.13. The van der Waals surface area contributed by atoms with Crippen LogP contribution in [0.15, 0.2) is 36.4 Å². The minimum absolute atomic E-state index is 0.0311. The minimum Gasteiger partial charge on any atom is -0.478 e. The topological polar surface area (TPSA) is 89.7 Å². The Kier molecular flexibility index (Phi) is 4.09. The minimum atomic E-state index is -1.02. The number of aryl methyl sites for hydroxylation is 1. The van der Waals surface area contributed by atoms with Gasteiger partial charge in [-0.25, -0.2) is 4.79 Å². The van der Waals surface area contributed by atoms with Crippen molar-refractivity contribution in [2.24, 2.45) is 0 Å². The first-order valence-corrected chi connectivity index (χ1v) is 6.22. The molecule has 7 heteroatoms. The Labute approximate surface area is 124 Å². The third-order valence-electron chi connectivity index (χ3n) is 2.78. The summed E-state index contributed by atoms with van der Waals surface area (Å²) < 4.78 is 5.51. The summed E-state index contributed by atoms with van der Waals surface area (Å²) in [5, 5.41) is 19.6. The van der Waals surface area contributed by atoms with E-state index in [1.54, 1.807) is 13.0 Å². The summed E-state index contributed by atoms with van der Waals surface area (Å²) in [6.07, 6.45) is 0. The SMILES string of the molecule is Cc1cc(Oc2ccc([N+](=O)[O-])c(Cl)c2)ccc1C(=O)O. The number of halogens is 1. The molecule has 108 valence electrons. The van der Waals surface area contributed by atoms with Crippen LogP contribution in [0.1, 0.15) is 15.9 Å². The molecule has 2 rings (SSSR count). The van der Waals surface area contributed by atoms with Gasteiger partial charge in [0.1, 0.15) is 16.5 Å². The molecule has 2 aromatic carbocycles. The fraction of sp³-hybridized carbons (Fsp3) is 0.0714. The zero-order chi connectivity index (χ0) is 15.6. The van der Waals surface area contributed by atoms with E-state index < -0.39 is 10.9 Å². The molecule has 21 heavy (non-hydrogen) atoms. The number of nitrogens with zero attached hydrogens (tertiary/aromatic N) is 1. The molecule has 0 atom stereocenters. The van der Waals surface area contributed by atoms with Crippen LogP contribution in [0.5, 0.6) is 11.5 Å². The van der Waals surface area contributed by atoms with Gasteiger partial charge in [0, 0.05) is 12.1 Å². The van der Waals surface area contributed by atoms with Crippen LogP contribution in [-0.2, 0) is 0 Å². The number of aromatic carboxylic acids is 1. The molecule has 0 heterocycles. The summed E-state index contributed by atoms with van der Waals surface area (Å²) in [6.45, 7) is 1.65. The summed E-state index contributed by atoms with van der Waals surface area (Å²) in [4.78, 5) is 21.0. The first kappa shape index (κ1) is 14.8. The molecular weight excluding hydrogens is 298 g/mol. The van der Waals surface area contributed by atoms with Crippen LogP contribution in [0.3, 0.4) is 0 Å². The van der Waals surface area contributed by atoms with Crippen molar-refractivity contribution in [3.05, 3.63) is 62.7 Å². The number of carboxylic acids is 1. The first-order chi connectivity index (χ1) is 9.88. The molecule has 0 aliphatic heterocycles. The maximum absolute atomic E-state index is 10.9. The van der Waals surface area contributed by atoms with E-state index >= 15 is 0 Å². The largest absolute Gasteiger partial charge is 0.478 e. The summed E-state index contributed by atoms with van der Waals surface area (Å²) in [5.74, 6) is -0.270. The Morgan fingerprint density at radius 1 is 1.24 bits per heavy atom. The van der Waals surface area contributed by atoms with Gasteiger partial charge in [0.25, 0.3) is 5.69 Å². The molecule has 1 N–H and O–H groups in total. The Hall–Kier alpha value is -2.60. The fourth-order valence-corrected chi connectivity index (χ4v) is 2.01. The second-order valence-corrected chi connectivity index (χ2v) is 4.66. The highest BCUT2D eigenvalue weighted by Crippen LogP contribution is 2.31. The molecule has 0 aliphatic rings. The molecule has 0 radical (unpaired) electrons. The van der Waals surface area contributed by atoms with E-state index in [0.29, 0.717) is 17.1 Å². The lowest BCUT2D eigenvalue weighted by Gasteiger charge is -2.08. The van der Waals surface area contributed by atoms with Crippen LogP contribution in [0.4, 0.5) is 5.69 Å². The van der Waals surface area contributed by atoms with Gasteiger partial charge in [-0.2, -0.15) is 0 Å². The third kappa shape index (κ3) is 3.29. The Balaban J connectivity index is 2.26. The summed E-state index contributed by atoms with van der Waals surface area (Å²) in [7, 11) is 0. The van der Waals surface area contributed by atoms with Gasteiger partial charge < -0.3 is 9.84 Å². The molecule has 0 amide bonds. The molecule has 0 fully saturated rings. The van der Waals surface area contributed by atoms with Crippen molar-refractivity contribution in [3.63, 3.8) is 0 Å². The molecule has 0 saturated carbocycles. The van der Waals surface area contributed by atoms with Crippen LogP contribution in [0, 0.1) is 17.0 Å². The van der Waals surface area contributed by atoms with Gasteiger partial charge in [-0.05, 0) is 36.8 Å². The lowest BCUT2D eigenvalue weighted by molar-refractivity contribution is -0.384. The second-order valence-electron chi connectivity index (χ2n) is 4.25. The van der Waals surface area contributed by atoms with Crippen LogP contribution in [-0.4, -0.2) is 16.0 Å². The van der Waals surface area contributed by atoms with E-state index in [1.165, 1.54) is 30.3 Å². The zero-order valence-corrected chi connectivity index (χ0v) is 11.6. The van der Waals surface area contributed by atoms with E-state index in [2.05, 4.69) is 0 Å². The smallest absolute Gasteiger partial charge is 0.335 e. The quantitative estimate of drug-likeness (QED) is 0.680. The van der Waals surface area contributed by atoms with Crippen molar-refractivity contribution in [1.82, 2.24) is 0 Å². The van der Waals surface area contributed by atoms with E-state index in [9.17, 15) is 14.9 Å². The number of nitro groups is 1. The monoisotopic (exact) mass is 307 g/mol. The summed E-state index contributed by atoms with van der Waals surface area (Å²) in [5.41, 5.74) is 0.526. The van der Waals surface area contributed by atoms with Crippen molar-refractivity contribution >= 4 is 23.3 Å². The number of nitro benzene ring substituents is 1. The Morgan fingerprint density at radius 3 is 2.38 bits per heavy atom. The number of ether oxygens (including phenoxy) is 1. The average Bonchev–Trinajstić information content (AvgIpc) is 2.37. The standard InChI is InChI=1S/C14H10ClNO5/c1-8-6-9(2-4-11(8)14(17)18)21-10-3-5-13(16(19)20)12(15)7-10/h2-7H,1H3,(H,17,18). The van der Waals surface area contributed by atoms with Crippen molar-refractivity contribution in [3.8, 4) is 11.5 Å².